The lowest BCUT2D eigenvalue weighted by atomic mass is 10.1. The average Bonchev–Trinajstić information content (AvgIpc) is 2.48. The third-order valence-electron chi connectivity index (χ3n) is 3.34. The van der Waals surface area contributed by atoms with Crippen molar-refractivity contribution in [2.45, 2.75) is 12.6 Å². The largest absolute Gasteiger partial charge is 0.496 e. The van der Waals surface area contributed by atoms with Gasteiger partial charge in [-0.3, -0.25) is 14.7 Å². The number of aliphatic carboxylic acids is 1. The fourth-order valence-electron chi connectivity index (χ4n) is 2.35. The van der Waals surface area contributed by atoms with E-state index in [1.807, 2.05) is 0 Å². The first-order valence-corrected chi connectivity index (χ1v) is 7.06. The number of methoxy groups -OCH3 is 1. The number of halogens is 1. The van der Waals surface area contributed by atoms with Gasteiger partial charge in [0.2, 0.25) is 0 Å². The molecule has 116 valence electrons. The van der Waals surface area contributed by atoms with Crippen LogP contribution in [0.1, 0.15) is 17.2 Å². The van der Waals surface area contributed by atoms with Gasteiger partial charge in [0.1, 0.15) is 11.8 Å². The molecule has 0 saturated carbocycles. The summed E-state index contributed by atoms with van der Waals surface area (Å²) >= 11 is 6.02. The molecular weight excluding hydrogens is 304 g/mol. The Kier molecular flexibility index (Phi) is 5.35. The van der Waals surface area contributed by atoms with Crippen LogP contribution in [0.4, 0.5) is 0 Å². The van der Waals surface area contributed by atoms with Crippen molar-refractivity contribution in [2.24, 2.45) is 0 Å². The molecule has 1 atom stereocenters. The van der Waals surface area contributed by atoms with Crippen LogP contribution < -0.4 is 4.74 Å². The number of benzene rings is 1. The van der Waals surface area contributed by atoms with E-state index in [0.29, 0.717) is 22.9 Å². The Morgan fingerprint density at radius 1 is 1.45 bits per heavy atom. The van der Waals surface area contributed by atoms with Crippen LogP contribution in [0.3, 0.4) is 0 Å². The van der Waals surface area contributed by atoms with Crippen molar-refractivity contribution >= 4 is 17.6 Å². The maximum atomic E-state index is 11.6. The second kappa shape index (κ2) is 7.24. The first-order chi connectivity index (χ1) is 10.5. The second-order valence-corrected chi connectivity index (χ2v) is 5.33. The molecule has 0 amide bonds. The van der Waals surface area contributed by atoms with Gasteiger partial charge >= 0.3 is 5.97 Å². The van der Waals surface area contributed by atoms with Crippen LogP contribution in [-0.4, -0.2) is 35.1 Å². The number of hydrogen-bond donors (Lipinski definition) is 1. The Morgan fingerprint density at radius 3 is 2.82 bits per heavy atom. The summed E-state index contributed by atoms with van der Waals surface area (Å²) in [4.78, 5) is 17.3. The molecule has 0 spiro atoms. The summed E-state index contributed by atoms with van der Waals surface area (Å²) in [6.45, 7) is 0.385. The standard InChI is InChI=1S/C16H17ClN2O3/c1-19(10-12-8-13(17)5-6-14(12)22-2)15(16(20)21)11-4-3-7-18-9-11/h3-9,15H,10H2,1-2H3,(H,20,21). The van der Waals surface area contributed by atoms with Crippen LogP contribution in [0.2, 0.25) is 5.02 Å². The Morgan fingerprint density at radius 2 is 2.23 bits per heavy atom. The van der Waals surface area contributed by atoms with Crippen LogP contribution in [-0.2, 0) is 11.3 Å². The van der Waals surface area contributed by atoms with Gasteiger partial charge in [0.05, 0.1) is 7.11 Å². The fraction of sp³-hybridized carbons (Fsp3) is 0.250. The zero-order chi connectivity index (χ0) is 16.1. The number of rotatable bonds is 6. The summed E-state index contributed by atoms with van der Waals surface area (Å²) < 4.78 is 5.30. The summed E-state index contributed by atoms with van der Waals surface area (Å²) in [5.74, 6) is -0.261. The summed E-state index contributed by atoms with van der Waals surface area (Å²) in [6, 6.07) is 7.96. The molecule has 5 nitrogen and oxygen atoms in total. The van der Waals surface area contributed by atoms with Crippen molar-refractivity contribution in [3.05, 3.63) is 58.9 Å². The third-order valence-corrected chi connectivity index (χ3v) is 3.57. The Balaban J connectivity index is 2.28. The molecule has 0 aliphatic rings. The van der Waals surface area contributed by atoms with E-state index in [-0.39, 0.29) is 0 Å². The second-order valence-electron chi connectivity index (χ2n) is 4.90. The van der Waals surface area contributed by atoms with Gasteiger partial charge in [-0.1, -0.05) is 17.7 Å². The minimum atomic E-state index is -0.934. The van der Waals surface area contributed by atoms with E-state index in [9.17, 15) is 9.90 Å². The molecule has 0 fully saturated rings. The normalized spacial score (nSPS) is 12.2. The SMILES string of the molecule is COc1ccc(Cl)cc1CN(C)C(C(=O)O)c1cccnc1. The van der Waals surface area contributed by atoms with Gasteiger partial charge in [-0.05, 0) is 36.9 Å². The number of carbonyl (C=O) groups is 1. The van der Waals surface area contributed by atoms with Gasteiger partial charge in [0, 0.05) is 29.5 Å². The van der Waals surface area contributed by atoms with Crippen molar-refractivity contribution in [3.63, 3.8) is 0 Å². The molecule has 1 aromatic heterocycles. The summed E-state index contributed by atoms with van der Waals surface area (Å²) in [5.41, 5.74) is 1.45. The molecule has 0 saturated heterocycles. The lowest BCUT2D eigenvalue weighted by Gasteiger charge is -2.25. The first-order valence-electron chi connectivity index (χ1n) is 6.68. The summed E-state index contributed by atoms with van der Waals surface area (Å²) in [6.07, 6.45) is 3.17. The van der Waals surface area contributed by atoms with Gasteiger partial charge in [-0.25, -0.2) is 0 Å². The van der Waals surface area contributed by atoms with Crippen LogP contribution in [0.25, 0.3) is 0 Å². The van der Waals surface area contributed by atoms with Gasteiger partial charge in [0.25, 0.3) is 0 Å². The fourth-order valence-corrected chi connectivity index (χ4v) is 2.55. The Hall–Kier alpha value is -2.11. The number of carboxylic acids is 1. The van der Waals surface area contributed by atoms with E-state index >= 15 is 0 Å². The van der Waals surface area contributed by atoms with E-state index in [2.05, 4.69) is 4.98 Å². The van der Waals surface area contributed by atoms with Crippen LogP contribution in [0.5, 0.6) is 5.75 Å². The Labute approximate surface area is 134 Å². The van der Waals surface area contributed by atoms with E-state index in [0.717, 1.165) is 5.56 Å². The third kappa shape index (κ3) is 3.75. The number of nitrogens with zero attached hydrogens (tertiary/aromatic N) is 2. The molecule has 1 unspecified atom stereocenters. The van der Waals surface area contributed by atoms with Crippen molar-refractivity contribution in [1.82, 2.24) is 9.88 Å². The maximum absolute atomic E-state index is 11.6. The number of likely N-dealkylation sites (N-methyl/N-ethyl adjacent to an activating group) is 1. The zero-order valence-electron chi connectivity index (χ0n) is 12.4. The number of aromatic nitrogens is 1. The molecule has 0 aliphatic carbocycles. The van der Waals surface area contributed by atoms with Crippen LogP contribution >= 0.6 is 11.6 Å². The lowest BCUT2D eigenvalue weighted by molar-refractivity contribution is -0.143. The lowest BCUT2D eigenvalue weighted by Crippen LogP contribution is -2.30. The highest BCUT2D eigenvalue weighted by Crippen LogP contribution is 2.27. The number of pyridine rings is 1. The van der Waals surface area contributed by atoms with E-state index in [4.69, 9.17) is 16.3 Å². The van der Waals surface area contributed by atoms with Crippen LogP contribution in [0, 0.1) is 0 Å². The number of ether oxygens (including phenoxy) is 1. The molecule has 1 aromatic carbocycles. The molecule has 2 aromatic rings. The highest BCUT2D eigenvalue weighted by molar-refractivity contribution is 6.30. The summed E-state index contributed by atoms with van der Waals surface area (Å²) in [7, 11) is 3.31. The van der Waals surface area contributed by atoms with Crippen molar-refractivity contribution < 1.29 is 14.6 Å². The monoisotopic (exact) mass is 320 g/mol. The van der Waals surface area contributed by atoms with Crippen LogP contribution in [0.15, 0.2) is 42.7 Å². The minimum absolute atomic E-state index is 0.385. The molecule has 22 heavy (non-hydrogen) atoms. The van der Waals surface area contributed by atoms with Crippen molar-refractivity contribution in [1.29, 1.82) is 0 Å². The predicted octanol–water partition coefficient (Wildman–Crippen LogP) is 3.00. The minimum Gasteiger partial charge on any atom is -0.496 e. The smallest absolute Gasteiger partial charge is 0.325 e. The maximum Gasteiger partial charge on any atom is 0.325 e. The van der Waals surface area contributed by atoms with Crippen molar-refractivity contribution in [3.8, 4) is 5.75 Å². The molecule has 1 N–H and O–H groups in total. The number of hydrogen-bond acceptors (Lipinski definition) is 4. The Bertz CT molecular complexity index is 649. The highest BCUT2D eigenvalue weighted by atomic mass is 35.5. The average molecular weight is 321 g/mol. The topological polar surface area (TPSA) is 62.7 Å². The molecule has 1 heterocycles. The molecule has 0 radical (unpaired) electrons. The molecular formula is C16H17ClN2O3. The van der Waals surface area contributed by atoms with Gasteiger partial charge in [-0.2, -0.15) is 0 Å². The van der Waals surface area contributed by atoms with E-state index < -0.39 is 12.0 Å². The number of carboxylic acid groups (broad SMARTS) is 1. The molecule has 2 rings (SSSR count). The highest BCUT2D eigenvalue weighted by Gasteiger charge is 2.25. The molecule has 0 bridgehead atoms. The van der Waals surface area contributed by atoms with E-state index in [1.165, 1.54) is 0 Å². The van der Waals surface area contributed by atoms with Gasteiger partial charge in [0.15, 0.2) is 0 Å². The summed E-state index contributed by atoms with van der Waals surface area (Å²) in [5, 5.41) is 10.1. The van der Waals surface area contributed by atoms with Gasteiger partial charge in [-0.15, -0.1) is 0 Å². The zero-order valence-corrected chi connectivity index (χ0v) is 13.1. The van der Waals surface area contributed by atoms with Gasteiger partial charge < -0.3 is 9.84 Å². The quantitative estimate of drug-likeness (QED) is 0.886. The first kappa shape index (κ1) is 16.3. The predicted molar refractivity (Wildman–Crippen MR) is 84.1 cm³/mol. The van der Waals surface area contributed by atoms with Crippen molar-refractivity contribution in [2.75, 3.05) is 14.2 Å². The molecule has 6 heteroatoms. The molecule has 0 aliphatic heterocycles. The van der Waals surface area contributed by atoms with E-state index in [1.54, 1.807) is 61.8 Å².